The van der Waals surface area contributed by atoms with Gasteiger partial charge in [-0.05, 0) is 6.42 Å². The van der Waals surface area contributed by atoms with E-state index >= 15 is 0 Å². The summed E-state index contributed by atoms with van der Waals surface area (Å²) in [5, 5.41) is 0. The first-order valence-electron chi connectivity index (χ1n) is 4.60. The van der Waals surface area contributed by atoms with Gasteiger partial charge in [0.25, 0.3) is 0 Å². The first-order chi connectivity index (χ1) is 6.10. The minimum Gasteiger partial charge on any atom is -0.340 e. The number of hydrogen-bond acceptors (Lipinski definition) is 2. The summed E-state index contributed by atoms with van der Waals surface area (Å²) in [6, 6.07) is 0. The number of aryl methyl sites for hydroxylation is 1. The highest BCUT2D eigenvalue weighted by molar-refractivity contribution is 5.82. The number of carbonyl (C=O) groups is 1. The van der Waals surface area contributed by atoms with Gasteiger partial charge in [0.1, 0.15) is 5.78 Å². The van der Waals surface area contributed by atoms with Gasteiger partial charge in [-0.25, -0.2) is 4.98 Å². The van der Waals surface area contributed by atoms with Crippen LogP contribution in [0.5, 0.6) is 0 Å². The minimum absolute atomic E-state index is 0.00164. The van der Waals surface area contributed by atoms with Crippen LogP contribution in [0.2, 0.25) is 0 Å². The maximum absolute atomic E-state index is 11.2. The van der Waals surface area contributed by atoms with E-state index < -0.39 is 0 Å². The monoisotopic (exact) mass is 178 g/mol. The van der Waals surface area contributed by atoms with E-state index in [-0.39, 0.29) is 5.41 Å². The molecule has 0 N–H and O–H groups in total. The van der Waals surface area contributed by atoms with Crippen LogP contribution in [0.25, 0.3) is 0 Å². The Morgan fingerprint density at radius 1 is 1.62 bits per heavy atom. The highest BCUT2D eigenvalue weighted by Crippen LogP contribution is 2.37. The van der Waals surface area contributed by atoms with Gasteiger partial charge in [0, 0.05) is 31.5 Å². The summed E-state index contributed by atoms with van der Waals surface area (Å²) in [5.41, 5.74) is 1.05. The Labute approximate surface area is 77.8 Å². The van der Waals surface area contributed by atoms with Crippen molar-refractivity contribution in [3.63, 3.8) is 0 Å². The molecule has 2 rings (SSSR count). The molecular weight excluding hydrogens is 164 g/mol. The van der Waals surface area contributed by atoms with E-state index in [1.54, 1.807) is 6.33 Å². The molecule has 1 aromatic heterocycles. The lowest BCUT2D eigenvalue weighted by molar-refractivity contribution is -0.117. The fourth-order valence-corrected chi connectivity index (χ4v) is 1.97. The van der Waals surface area contributed by atoms with E-state index in [1.165, 1.54) is 0 Å². The molecular formula is C10H14N2O. The van der Waals surface area contributed by atoms with Crippen molar-refractivity contribution in [2.45, 2.75) is 31.6 Å². The van der Waals surface area contributed by atoms with Crippen LogP contribution < -0.4 is 0 Å². The van der Waals surface area contributed by atoms with Crippen LogP contribution in [-0.2, 0) is 17.3 Å². The third-order valence-electron chi connectivity index (χ3n) is 2.87. The zero-order chi connectivity index (χ0) is 9.47. The number of nitrogens with zero attached hydrogens (tertiary/aromatic N) is 2. The average molecular weight is 178 g/mol. The van der Waals surface area contributed by atoms with Gasteiger partial charge in [-0.2, -0.15) is 0 Å². The molecule has 0 amide bonds. The topological polar surface area (TPSA) is 34.9 Å². The van der Waals surface area contributed by atoms with Crippen molar-refractivity contribution in [1.29, 1.82) is 0 Å². The molecule has 3 heteroatoms. The normalized spacial score (nSPS) is 28.3. The highest BCUT2D eigenvalue weighted by atomic mass is 16.1. The van der Waals surface area contributed by atoms with Crippen LogP contribution in [0.1, 0.15) is 31.9 Å². The van der Waals surface area contributed by atoms with Crippen molar-refractivity contribution in [2.24, 2.45) is 7.05 Å². The molecule has 1 aliphatic rings. The third-order valence-corrected chi connectivity index (χ3v) is 2.87. The first-order valence-corrected chi connectivity index (χ1v) is 4.60. The summed E-state index contributed by atoms with van der Waals surface area (Å²) in [6.45, 7) is 2.13. The number of hydrogen-bond donors (Lipinski definition) is 0. The van der Waals surface area contributed by atoms with Crippen molar-refractivity contribution in [3.05, 3.63) is 18.2 Å². The molecule has 1 aromatic rings. The average Bonchev–Trinajstić information content (AvgIpc) is 2.60. The van der Waals surface area contributed by atoms with Crippen molar-refractivity contribution in [2.75, 3.05) is 0 Å². The first kappa shape index (κ1) is 8.48. The molecule has 13 heavy (non-hydrogen) atoms. The Kier molecular flexibility index (Phi) is 1.75. The summed E-state index contributed by atoms with van der Waals surface area (Å²) in [7, 11) is 1.95. The minimum atomic E-state index is -0.00164. The van der Waals surface area contributed by atoms with Crippen LogP contribution in [0.4, 0.5) is 0 Å². The second-order valence-corrected chi connectivity index (χ2v) is 4.20. The van der Waals surface area contributed by atoms with Gasteiger partial charge in [-0.3, -0.25) is 4.79 Å². The summed E-state index contributed by atoms with van der Waals surface area (Å²) < 4.78 is 1.93. The number of carbonyl (C=O) groups excluding carboxylic acids is 1. The van der Waals surface area contributed by atoms with Crippen molar-refractivity contribution >= 4 is 5.78 Å². The second kappa shape index (κ2) is 2.69. The molecule has 0 saturated heterocycles. The summed E-state index contributed by atoms with van der Waals surface area (Å²) >= 11 is 0. The summed E-state index contributed by atoms with van der Waals surface area (Å²) in [5.74, 6) is 0.369. The van der Waals surface area contributed by atoms with Crippen molar-refractivity contribution < 1.29 is 4.79 Å². The molecule has 1 unspecified atom stereocenters. The lowest BCUT2D eigenvalue weighted by Gasteiger charge is -2.19. The molecule has 1 atom stereocenters. The number of imidazole rings is 1. The highest BCUT2D eigenvalue weighted by Gasteiger charge is 2.37. The van der Waals surface area contributed by atoms with E-state index in [0.717, 1.165) is 12.1 Å². The smallest absolute Gasteiger partial charge is 0.133 e. The zero-order valence-corrected chi connectivity index (χ0v) is 8.08. The molecule has 1 saturated carbocycles. The molecule has 0 aliphatic heterocycles. The number of ketones is 1. The maximum atomic E-state index is 11.2. The largest absolute Gasteiger partial charge is 0.340 e. The molecule has 1 fully saturated rings. The Balaban J connectivity index is 2.30. The Bertz CT molecular complexity index is 342. The Hall–Kier alpha value is -1.12. The van der Waals surface area contributed by atoms with Gasteiger partial charge in [-0.1, -0.05) is 6.92 Å². The van der Waals surface area contributed by atoms with Gasteiger partial charge < -0.3 is 4.57 Å². The molecule has 0 bridgehead atoms. The predicted octanol–water partition coefficient (Wildman–Crippen LogP) is 1.43. The van der Waals surface area contributed by atoms with E-state index in [0.29, 0.717) is 18.6 Å². The van der Waals surface area contributed by atoms with Crippen LogP contribution in [0.15, 0.2) is 12.5 Å². The molecule has 0 spiro atoms. The maximum Gasteiger partial charge on any atom is 0.133 e. The molecule has 70 valence electrons. The fourth-order valence-electron chi connectivity index (χ4n) is 1.97. The van der Waals surface area contributed by atoms with Gasteiger partial charge in [-0.15, -0.1) is 0 Å². The van der Waals surface area contributed by atoms with Gasteiger partial charge in [0.15, 0.2) is 0 Å². The molecule has 1 heterocycles. The van der Waals surface area contributed by atoms with E-state index in [4.69, 9.17) is 0 Å². The third kappa shape index (κ3) is 1.39. The molecule has 0 radical (unpaired) electrons. The molecule has 0 aromatic carbocycles. The van der Waals surface area contributed by atoms with Crippen molar-refractivity contribution in [3.8, 4) is 0 Å². The number of rotatable bonds is 1. The fraction of sp³-hybridized carbons (Fsp3) is 0.600. The van der Waals surface area contributed by atoms with Crippen molar-refractivity contribution in [1.82, 2.24) is 9.55 Å². The summed E-state index contributed by atoms with van der Waals surface area (Å²) in [6.07, 6.45) is 6.13. The SMILES string of the molecule is Cn1cnc(C2(C)CCC(=O)C2)c1. The number of aromatic nitrogens is 2. The van der Waals surface area contributed by atoms with E-state index in [2.05, 4.69) is 11.9 Å². The van der Waals surface area contributed by atoms with Gasteiger partial charge in [0.2, 0.25) is 0 Å². The van der Waals surface area contributed by atoms with Crippen LogP contribution in [0.3, 0.4) is 0 Å². The molecule has 3 nitrogen and oxygen atoms in total. The summed E-state index contributed by atoms with van der Waals surface area (Å²) in [4.78, 5) is 15.5. The quantitative estimate of drug-likeness (QED) is 0.652. The molecule has 1 aliphatic carbocycles. The standard InChI is InChI=1S/C10H14N2O/c1-10(4-3-8(13)5-10)9-6-12(2)7-11-9/h6-7H,3-5H2,1-2H3. The van der Waals surface area contributed by atoms with Gasteiger partial charge in [0.05, 0.1) is 12.0 Å². The van der Waals surface area contributed by atoms with Crippen LogP contribution >= 0.6 is 0 Å². The predicted molar refractivity (Wildman–Crippen MR) is 49.4 cm³/mol. The lowest BCUT2D eigenvalue weighted by Crippen LogP contribution is -2.18. The van der Waals surface area contributed by atoms with E-state index in [1.807, 2.05) is 17.8 Å². The lowest BCUT2D eigenvalue weighted by atomic mass is 9.86. The van der Waals surface area contributed by atoms with E-state index in [9.17, 15) is 4.79 Å². The number of Topliss-reactive ketones (excluding diaryl/α,β-unsaturated/α-hetero) is 1. The second-order valence-electron chi connectivity index (χ2n) is 4.20. The zero-order valence-electron chi connectivity index (χ0n) is 8.08. The Morgan fingerprint density at radius 3 is 2.85 bits per heavy atom. The van der Waals surface area contributed by atoms with Crippen LogP contribution in [-0.4, -0.2) is 15.3 Å². The Morgan fingerprint density at radius 2 is 2.38 bits per heavy atom. The van der Waals surface area contributed by atoms with Crippen LogP contribution in [0, 0.1) is 0 Å². The van der Waals surface area contributed by atoms with Gasteiger partial charge >= 0.3 is 0 Å².